The minimum atomic E-state index is -0.554. The van der Waals surface area contributed by atoms with E-state index in [0.29, 0.717) is 29.2 Å². The number of amides is 1. The molecule has 0 radical (unpaired) electrons. The Labute approximate surface area is 140 Å². The predicted octanol–water partition coefficient (Wildman–Crippen LogP) is 2.86. The summed E-state index contributed by atoms with van der Waals surface area (Å²) in [6.45, 7) is 1.48. The first-order chi connectivity index (χ1) is 11.6. The molecule has 1 aliphatic rings. The summed E-state index contributed by atoms with van der Waals surface area (Å²) < 4.78 is 10.6. The van der Waals surface area contributed by atoms with Crippen LogP contribution in [0.2, 0.25) is 0 Å². The van der Waals surface area contributed by atoms with Crippen molar-refractivity contribution in [2.75, 3.05) is 19.1 Å². The van der Waals surface area contributed by atoms with E-state index in [2.05, 4.69) is 0 Å². The summed E-state index contributed by atoms with van der Waals surface area (Å²) in [5.74, 6) is 1.13. The molecular weight excluding hydrogens is 306 g/mol. The van der Waals surface area contributed by atoms with E-state index in [1.807, 2.05) is 24.3 Å². The normalized spacial score (nSPS) is 16.0. The topological polar surface area (TPSA) is 55.8 Å². The van der Waals surface area contributed by atoms with Gasteiger partial charge in [-0.25, -0.2) is 0 Å². The van der Waals surface area contributed by atoms with Crippen molar-refractivity contribution in [2.24, 2.45) is 0 Å². The van der Waals surface area contributed by atoms with Crippen LogP contribution >= 0.6 is 0 Å². The number of carbonyl (C=O) groups is 2. The molecule has 0 saturated carbocycles. The predicted molar refractivity (Wildman–Crippen MR) is 91.0 cm³/mol. The molecule has 0 bridgehead atoms. The van der Waals surface area contributed by atoms with Gasteiger partial charge in [-0.05, 0) is 23.8 Å². The number of ether oxygens (including phenoxy) is 2. The zero-order chi connectivity index (χ0) is 17.3. The first kappa shape index (κ1) is 16.1. The Kier molecular flexibility index (Phi) is 4.25. The highest BCUT2D eigenvalue weighted by molar-refractivity contribution is 6.17. The molecular formula is C19H19NO4. The highest BCUT2D eigenvalue weighted by atomic mass is 16.5. The number of Topliss-reactive ketones (excluding diaryl/α,β-unsaturated/α-hetero) is 1. The Hall–Kier alpha value is -2.82. The van der Waals surface area contributed by atoms with Crippen LogP contribution < -0.4 is 14.4 Å². The van der Waals surface area contributed by atoms with E-state index in [1.54, 1.807) is 37.3 Å². The number of methoxy groups -OCH3 is 2. The molecule has 3 rings (SSSR count). The molecule has 5 heteroatoms. The molecule has 1 heterocycles. The van der Waals surface area contributed by atoms with Gasteiger partial charge in [0.15, 0.2) is 5.78 Å². The average Bonchev–Trinajstić information content (AvgIpc) is 2.88. The molecule has 0 aromatic heterocycles. The Morgan fingerprint density at radius 1 is 1.12 bits per heavy atom. The second-order valence-corrected chi connectivity index (χ2v) is 5.67. The summed E-state index contributed by atoms with van der Waals surface area (Å²) in [5, 5.41) is 0. The van der Waals surface area contributed by atoms with Crippen molar-refractivity contribution in [2.45, 2.75) is 19.4 Å². The molecule has 5 nitrogen and oxygen atoms in total. The van der Waals surface area contributed by atoms with Crippen LogP contribution in [0.3, 0.4) is 0 Å². The fourth-order valence-corrected chi connectivity index (χ4v) is 3.16. The van der Waals surface area contributed by atoms with Gasteiger partial charge >= 0.3 is 0 Å². The van der Waals surface area contributed by atoms with Crippen molar-refractivity contribution in [3.05, 3.63) is 53.6 Å². The number of nitrogens with zero attached hydrogens (tertiary/aromatic N) is 1. The van der Waals surface area contributed by atoms with Crippen molar-refractivity contribution < 1.29 is 19.1 Å². The smallest absolute Gasteiger partial charge is 0.224 e. The maximum atomic E-state index is 12.8. The standard InChI is InChI=1S/C19H19NO4/c1-12(21)20-16-7-5-4-6-15(16)19(22)17(20)10-13-8-9-14(23-2)11-18(13)24-3/h4-9,11,17H,10H2,1-3H3. The zero-order valence-corrected chi connectivity index (χ0v) is 13.9. The molecule has 1 atom stereocenters. The Bertz CT molecular complexity index is 800. The van der Waals surface area contributed by atoms with E-state index in [0.717, 1.165) is 5.56 Å². The van der Waals surface area contributed by atoms with Gasteiger partial charge in [-0.15, -0.1) is 0 Å². The molecule has 0 N–H and O–H groups in total. The summed E-state index contributed by atoms with van der Waals surface area (Å²) in [6, 6.07) is 12.1. The molecule has 2 aromatic rings. The van der Waals surface area contributed by atoms with Crippen molar-refractivity contribution in [3.8, 4) is 11.5 Å². The zero-order valence-electron chi connectivity index (χ0n) is 13.9. The molecule has 0 saturated heterocycles. The number of carbonyl (C=O) groups excluding carboxylic acids is 2. The SMILES string of the molecule is COc1ccc(CC2C(=O)c3ccccc3N2C(C)=O)c(OC)c1. The Morgan fingerprint density at radius 3 is 2.54 bits per heavy atom. The van der Waals surface area contributed by atoms with E-state index in [-0.39, 0.29) is 11.7 Å². The molecule has 1 unspecified atom stereocenters. The number of hydrogen-bond donors (Lipinski definition) is 0. The van der Waals surface area contributed by atoms with Gasteiger partial charge in [0.05, 0.1) is 19.9 Å². The summed E-state index contributed by atoms with van der Waals surface area (Å²) in [7, 11) is 3.16. The molecule has 124 valence electrons. The largest absolute Gasteiger partial charge is 0.497 e. The summed E-state index contributed by atoms with van der Waals surface area (Å²) in [4.78, 5) is 26.5. The van der Waals surface area contributed by atoms with Crippen LogP contribution in [-0.4, -0.2) is 32.0 Å². The van der Waals surface area contributed by atoms with Gasteiger partial charge < -0.3 is 14.4 Å². The maximum absolute atomic E-state index is 12.8. The summed E-state index contributed by atoms with van der Waals surface area (Å²) in [6.07, 6.45) is 0.389. The molecule has 0 aliphatic carbocycles. The quantitative estimate of drug-likeness (QED) is 0.867. The lowest BCUT2D eigenvalue weighted by atomic mass is 10.00. The number of ketones is 1. The van der Waals surface area contributed by atoms with Gasteiger partial charge in [0.2, 0.25) is 5.91 Å². The number of fused-ring (bicyclic) bond motifs is 1. The third kappa shape index (κ3) is 2.62. The third-order valence-electron chi connectivity index (χ3n) is 4.29. The van der Waals surface area contributed by atoms with E-state index in [4.69, 9.17) is 9.47 Å². The maximum Gasteiger partial charge on any atom is 0.224 e. The van der Waals surface area contributed by atoms with Gasteiger partial charge in [0, 0.05) is 25.0 Å². The Morgan fingerprint density at radius 2 is 1.88 bits per heavy atom. The van der Waals surface area contributed by atoms with Crippen molar-refractivity contribution in [3.63, 3.8) is 0 Å². The van der Waals surface area contributed by atoms with Crippen LogP contribution in [-0.2, 0) is 11.2 Å². The molecule has 24 heavy (non-hydrogen) atoms. The molecule has 2 aromatic carbocycles. The van der Waals surface area contributed by atoms with E-state index < -0.39 is 6.04 Å². The summed E-state index contributed by atoms with van der Waals surface area (Å²) >= 11 is 0. The van der Waals surface area contributed by atoms with Gasteiger partial charge in [-0.2, -0.15) is 0 Å². The van der Waals surface area contributed by atoms with Gasteiger partial charge in [-0.1, -0.05) is 18.2 Å². The number of para-hydroxylation sites is 1. The lowest BCUT2D eigenvalue weighted by Gasteiger charge is -2.23. The first-order valence-corrected chi connectivity index (χ1v) is 7.70. The lowest BCUT2D eigenvalue weighted by molar-refractivity contribution is -0.116. The minimum Gasteiger partial charge on any atom is -0.497 e. The second-order valence-electron chi connectivity index (χ2n) is 5.67. The molecule has 1 amide bonds. The van der Waals surface area contributed by atoms with Crippen LogP contribution in [0.1, 0.15) is 22.8 Å². The highest BCUT2D eigenvalue weighted by Gasteiger charge is 2.39. The van der Waals surface area contributed by atoms with Crippen molar-refractivity contribution in [1.82, 2.24) is 0 Å². The number of anilines is 1. The third-order valence-corrected chi connectivity index (χ3v) is 4.29. The molecule has 0 fully saturated rings. The van der Waals surface area contributed by atoms with Crippen molar-refractivity contribution >= 4 is 17.4 Å². The monoisotopic (exact) mass is 325 g/mol. The number of hydrogen-bond acceptors (Lipinski definition) is 4. The molecule has 1 aliphatic heterocycles. The Balaban J connectivity index is 1.98. The van der Waals surface area contributed by atoms with Crippen LogP contribution in [0.25, 0.3) is 0 Å². The van der Waals surface area contributed by atoms with Gasteiger partial charge in [0.25, 0.3) is 0 Å². The second kappa shape index (κ2) is 6.35. The van der Waals surface area contributed by atoms with Crippen LogP contribution in [0, 0.1) is 0 Å². The van der Waals surface area contributed by atoms with E-state index in [9.17, 15) is 9.59 Å². The van der Waals surface area contributed by atoms with Gasteiger partial charge in [0.1, 0.15) is 17.5 Å². The fourth-order valence-electron chi connectivity index (χ4n) is 3.16. The number of rotatable bonds is 4. The van der Waals surface area contributed by atoms with E-state index >= 15 is 0 Å². The molecule has 0 spiro atoms. The first-order valence-electron chi connectivity index (χ1n) is 7.70. The summed E-state index contributed by atoms with van der Waals surface area (Å²) in [5.41, 5.74) is 2.12. The van der Waals surface area contributed by atoms with Crippen LogP contribution in [0.5, 0.6) is 11.5 Å². The average molecular weight is 325 g/mol. The van der Waals surface area contributed by atoms with Crippen LogP contribution in [0.4, 0.5) is 5.69 Å². The number of benzene rings is 2. The fraction of sp³-hybridized carbons (Fsp3) is 0.263. The highest BCUT2D eigenvalue weighted by Crippen LogP contribution is 2.35. The van der Waals surface area contributed by atoms with Gasteiger partial charge in [-0.3, -0.25) is 9.59 Å². The minimum absolute atomic E-state index is 0.0429. The van der Waals surface area contributed by atoms with E-state index in [1.165, 1.54) is 6.92 Å². The lowest BCUT2D eigenvalue weighted by Crippen LogP contribution is -2.40. The van der Waals surface area contributed by atoms with Crippen LogP contribution in [0.15, 0.2) is 42.5 Å². The van der Waals surface area contributed by atoms with Crippen molar-refractivity contribution in [1.29, 1.82) is 0 Å².